The second kappa shape index (κ2) is 11.4. The minimum atomic E-state index is -4.51. The SMILES string of the molecule is CC(C)COc1ccccc1NC(=O)CNc1cccc(C(=O)Nc2cccc(C(F)(F)F)c2)c1. The van der Waals surface area contributed by atoms with Crippen LogP contribution in [0, 0.1) is 5.92 Å². The third-order valence-corrected chi connectivity index (χ3v) is 4.76. The van der Waals surface area contributed by atoms with Gasteiger partial charge in [-0.3, -0.25) is 9.59 Å². The number of hydrogen-bond acceptors (Lipinski definition) is 4. The van der Waals surface area contributed by atoms with Crippen molar-refractivity contribution in [3.05, 3.63) is 83.9 Å². The van der Waals surface area contributed by atoms with Crippen molar-refractivity contribution < 1.29 is 27.5 Å². The van der Waals surface area contributed by atoms with E-state index in [4.69, 9.17) is 4.74 Å². The summed E-state index contributed by atoms with van der Waals surface area (Å²) in [5.41, 5.74) is 0.449. The molecule has 9 heteroatoms. The summed E-state index contributed by atoms with van der Waals surface area (Å²) in [5.74, 6) is 0.0133. The van der Waals surface area contributed by atoms with Gasteiger partial charge in [0.05, 0.1) is 24.4 Å². The fraction of sp³-hybridized carbons (Fsp3) is 0.231. The quantitative estimate of drug-likeness (QED) is 0.345. The molecule has 6 nitrogen and oxygen atoms in total. The fourth-order valence-electron chi connectivity index (χ4n) is 3.08. The van der Waals surface area contributed by atoms with Crippen molar-refractivity contribution in [2.45, 2.75) is 20.0 Å². The molecule has 0 saturated heterocycles. The number of halogens is 3. The minimum Gasteiger partial charge on any atom is -0.491 e. The molecule has 3 rings (SSSR count). The number of nitrogens with one attached hydrogen (secondary N) is 3. The van der Waals surface area contributed by atoms with Crippen molar-refractivity contribution in [2.75, 3.05) is 29.1 Å². The Morgan fingerprint density at radius 3 is 2.34 bits per heavy atom. The molecule has 3 aromatic carbocycles. The standard InChI is InChI=1S/C26H26F3N3O3/c1-17(2)16-35-23-12-4-3-11-22(23)32-24(33)15-30-20-9-5-7-18(13-20)25(34)31-21-10-6-8-19(14-21)26(27,28)29/h3-14,17,30H,15-16H2,1-2H3,(H,31,34)(H,32,33). The van der Waals surface area contributed by atoms with Crippen molar-refractivity contribution in [2.24, 2.45) is 5.92 Å². The number of amides is 2. The summed E-state index contributed by atoms with van der Waals surface area (Å²) >= 11 is 0. The van der Waals surface area contributed by atoms with Gasteiger partial charge in [-0.15, -0.1) is 0 Å². The third-order valence-electron chi connectivity index (χ3n) is 4.76. The molecule has 0 unspecified atom stereocenters. The summed E-state index contributed by atoms with van der Waals surface area (Å²) in [4.78, 5) is 25.0. The van der Waals surface area contributed by atoms with Crippen molar-refractivity contribution >= 4 is 28.9 Å². The first-order valence-corrected chi connectivity index (χ1v) is 11.0. The molecule has 3 N–H and O–H groups in total. The lowest BCUT2D eigenvalue weighted by molar-refractivity contribution is -0.137. The number of benzene rings is 3. The minimum absolute atomic E-state index is 0.0286. The number of hydrogen-bond donors (Lipinski definition) is 3. The molecule has 0 fully saturated rings. The normalized spacial score (nSPS) is 11.1. The number of ether oxygens (including phenoxy) is 1. The Labute approximate surface area is 201 Å². The van der Waals surface area contributed by atoms with E-state index >= 15 is 0 Å². The first kappa shape index (κ1) is 25.6. The summed E-state index contributed by atoms with van der Waals surface area (Å²) in [5, 5.41) is 8.20. The summed E-state index contributed by atoms with van der Waals surface area (Å²) in [7, 11) is 0. The number of carbonyl (C=O) groups excluding carboxylic acids is 2. The summed E-state index contributed by atoms with van der Waals surface area (Å²) in [6, 6.07) is 17.8. The van der Waals surface area contributed by atoms with E-state index in [1.807, 2.05) is 19.9 Å². The van der Waals surface area contributed by atoms with Crippen LogP contribution in [-0.2, 0) is 11.0 Å². The van der Waals surface area contributed by atoms with Gasteiger partial charge in [-0.1, -0.05) is 38.1 Å². The predicted octanol–water partition coefficient (Wildman–Crippen LogP) is 6.04. The molecule has 0 aliphatic heterocycles. The highest BCUT2D eigenvalue weighted by Gasteiger charge is 2.30. The molecule has 184 valence electrons. The molecule has 0 radical (unpaired) electrons. The molecular weight excluding hydrogens is 459 g/mol. The smallest absolute Gasteiger partial charge is 0.416 e. The molecule has 0 heterocycles. The Kier molecular flexibility index (Phi) is 8.35. The first-order valence-electron chi connectivity index (χ1n) is 11.0. The van der Waals surface area contributed by atoms with E-state index in [9.17, 15) is 22.8 Å². The average molecular weight is 486 g/mol. The molecule has 0 bridgehead atoms. The third kappa shape index (κ3) is 7.77. The zero-order valence-corrected chi connectivity index (χ0v) is 19.3. The van der Waals surface area contributed by atoms with Crippen LogP contribution < -0.4 is 20.7 Å². The van der Waals surface area contributed by atoms with Gasteiger partial charge in [0.1, 0.15) is 5.75 Å². The summed E-state index contributed by atoms with van der Waals surface area (Å²) < 4.78 is 44.4. The maximum absolute atomic E-state index is 12.9. The van der Waals surface area contributed by atoms with Crippen molar-refractivity contribution in [1.82, 2.24) is 0 Å². The van der Waals surface area contributed by atoms with Gasteiger partial charge in [-0.25, -0.2) is 0 Å². The molecule has 2 amide bonds. The first-order chi connectivity index (χ1) is 16.6. The maximum atomic E-state index is 12.9. The molecule has 0 aromatic heterocycles. The van der Waals surface area contributed by atoms with E-state index in [0.29, 0.717) is 29.6 Å². The molecule has 0 atom stereocenters. The summed E-state index contributed by atoms with van der Waals surface area (Å²) in [6.45, 7) is 4.50. The van der Waals surface area contributed by atoms with E-state index in [2.05, 4.69) is 16.0 Å². The zero-order chi connectivity index (χ0) is 25.4. The number of rotatable bonds is 9. The van der Waals surface area contributed by atoms with Crippen LogP contribution in [0.1, 0.15) is 29.8 Å². The maximum Gasteiger partial charge on any atom is 0.416 e. The highest BCUT2D eigenvalue weighted by molar-refractivity contribution is 6.05. The van der Waals surface area contributed by atoms with E-state index < -0.39 is 17.6 Å². The molecule has 0 aliphatic carbocycles. The Morgan fingerprint density at radius 2 is 1.60 bits per heavy atom. The predicted molar refractivity (Wildman–Crippen MR) is 130 cm³/mol. The Bertz CT molecular complexity index is 1180. The van der Waals surface area contributed by atoms with Crippen molar-refractivity contribution in [1.29, 1.82) is 0 Å². The van der Waals surface area contributed by atoms with Crippen LogP contribution in [0.25, 0.3) is 0 Å². The Hall–Kier alpha value is -4.01. The van der Waals surface area contributed by atoms with E-state index in [-0.39, 0.29) is 23.7 Å². The molecule has 0 saturated carbocycles. The molecular formula is C26H26F3N3O3. The average Bonchev–Trinajstić information content (AvgIpc) is 2.82. The molecule has 35 heavy (non-hydrogen) atoms. The van der Waals surface area contributed by atoms with Crippen LogP contribution in [0.4, 0.5) is 30.2 Å². The van der Waals surface area contributed by atoms with Crippen LogP contribution in [0.3, 0.4) is 0 Å². The van der Waals surface area contributed by atoms with Gasteiger partial charge in [-0.05, 0) is 54.4 Å². The Morgan fingerprint density at radius 1 is 0.886 bits per heavy atom. The monoisotopic (exact) mass is 485 g/mol. The van der Waals surface area contributed by atoms with Crippen LogP contribution in [0.2, 0.25) is 0 Å². The van der Waals surface area contributed by atoms with E-state index in [1.165, 1.54) is 24.3 Å². The summed E-state index contributed by atoms with van der Waals surface area (Å²) in [6.07, 6.45) is -4.51. The van der Waals surface area contributed by atoms with Crippen LogP contribution in [0.5, 0.6) is 5.75 Å². The zero-order valence-electron chi connectivity index (χ0n) is 19.3. The molecule has 3 aromatic rings. The lowest BCUT2D eigenvalue weighted by Crippen LogP contribution is -2.22. The van der Waals surface area contributed by atoms with Crippen molar-refractivity contribution in [3.8, 4) is 5.75 Å². The highest BCUT2D eigenvalue weighted by atomic mass is 19.4. The lowest BCUT2D eigenvalue weighted by atomic mass is 10.1. The largest absolute Gasteiger partial charge is 0.491 e. The Balaban J connectivity index is 1.59. The van der Waals surface area contributed by atoms with Gasteiger partial charge < -0.3 is 20.7 Å². The highest BCUT2D eigenvalue weighted by Crippen LogP contribution is 2.31. The van der Waals surface area contributed by atoms with Crippen molar-refractivity contribution in [3.63, 3.8) is 0 Å². The van der Waals surface area contributed by atoms with Gasteiger partial charge in [0.25, 0.3) is 5.91 Å². The second-order valence-electron chi connectivity index (χ2n) is 8.22. The van der Waals surface area contributed by atoms with Crippen LogP contribution >= 0.6 is 0 Å². The van der Waals surface area contributed by atoms with Gasteiger partial charge in [0, 0.05) is 16.9 Å². The lowest BCUT2D eigenvalue weighted by Gasteiger charge is -2.14. The van der Waals surface area contributed by atoms with E-state index in [0.717, 1.165) is 12.1 Å². The van der Waals surface area contributed by atoms with Gasteiger partial charge in [0.15, 0.2) is 0 Å². The van der Waals surface area contributed by atoms with Gasteiger partial charge in [-0.2, -0.15) is 13.2 Å². The van der Waals surface area contributed by atoms with Gasteiger partial charge >= 0.3 is 6.18 Å². The number of anilines is 3. The van der Waals surface area contributed by atoms with Gasteiger partial charge in [0.2, 0.25) is 5.91 Å². The van der Waals surface area contributed by atoms with E-state index in [1.54, 1.807) is 30.3 Å². The fourth-order valence-corrected chi connectivity index (χ4v) is 3.08. The topological polar surface area (TPSA) is 79.5 Å². The molecule has 0 aliphatic rings. The second-order valence-corrected chi connectivity index (χ2v) is 8.22. The number of alkyl halides is 3. The van der Waals surface area contributed by atoms with Crippen LogP contribution in [-0.4, -0.2) is 25.0 Å². The molecule has 0 spiro atoms. The number of carbonyl (C=O) groups is 2. The van der Waals surface area contributed by atoms with Crippen LogP contribution in [0.15, 0.2) is 72.8 Å². The number of para-hydroxylation sites is 2.